The van der Waals surface area contributed by atoms with Gasteiger partial charge < -0.3 is 10.6 Å². The zero-order valence-electron chi connectivity index (χ0n) is 11.0. The minimum atomic E-state index is -0.224. The van der Waals surface area contributed by atoms with E-state index in [0.29, 0.717) is 18.1 Å². The van der Waals surface area contributed by atoms with Crippen LogP contribution in [0.2, 0.25) is 0 Å². The molecule has 0 spiro atoms. The summed E-state index contributed by atoms with van der Waals surface area (Å²) in [4.78, 5) is 11.9. The summed E-state index contributed by atoms with van der Waals surface area (Å²) in [7, 11) is 1.75. The first-order chi connectivity index (χ1) is 9.20. The molecule has 0 atom stereocenters. The normalized spacial score (nSPS) is 10.0. The molecular weight excluding hydrogens is 240 g/mol. The van der Waals surface area contributed by atoms with E-state index in [1.165, 1.54) is 0 Å². The molecule has 98 valence electrons. The quantitative estimate of drug-likeness (QED) is 0.874. The molecule has 2 N–H and O–H groups in total. The van der Waals surface area contributed by atoms with Gasteiger partial charge >= 0.3 is 0 Å². The van der Waals surface area contributed by atoms with E-state index in [1.807, 2.05) is 31.2 Å². The Morgan fingerprint density at radius 2 is 1.95 bits per heavy atom. The Labute approximate surface area is 112 Å². The molecular formula is C14H16N4O. The van der Waals surface area contributed by atoms with Gasteiger partial charge in [-0.15, -0.1) is 10.2 Å². The molecule has 2 rings (SSSR count). The van der Waals surface area contributed by atoms with Crippen LogP contribution in [0.4, 0.5) is 5.82 Å². The predicted molar refractivity (Wildman–Crippen MR) is 73.9 cm³/mol. The molecule has 5 nitrogen and oxygen atoms in total. The van der Waals surface area contributed by atoms with Gasteiger partial charge in [0.2, 0.25) is 0 Å². The first-order valence-electron chi connectivity index (χ1n) is 6.05. The van der Waals surface area contributed by atoms with Crippen LogP contribution in [0.5, 0.6) is 0 Å². The number of carbonyl (C=O) groups excluding carboxylic acids is 1. The predicted octanol–water partition coefficient (Wildman–Crippen LogP) is 1.76. The SMILES string of the molecule is CNc1ccc(C(=O)NCc2ccccc2C)nn1. The largest absolute Gasteiger partial charge is 0.372 e. The van der Waals surface area contributed by atoms with E-state index in [4.69, 9.17) is 0 Å². The van der Waals surface area contributed by atoms with Crippen LogP contribution in [-0.2, 0) is 6.54 Å². The van der Waals surface area contributed by atoms with Crippen LogP contribution in [-0.4, -0.2) is 23.2 Å². The standard InChI is InChI=1S/C14H16N4O/c1-10-5-3-4-6-11(10)9-16-14(19)12-7-8-13(15-2)18-17-12/h3-8H,9H2,1-2H3,(H,15,18)(H,16,19). The second kappa shape index (κ2) is 5.95. The number of anilines is 1. The Kier molecular flexibility index (Phi) is 4.07. The van der Waals surface area contributed by atoms with Gasteiger partial charge in [0, 0.05) is 13.6 Å². The van der Waals surface area contributed by atoms with Gasteiger partial charge in [-0.3, -0.25) is 4.79 Å². The van der Waals surface area contributed by atoms with E-state index in [-0.39, 0.29) is 5.91 Å². The smallest absolute Gasteiger partial charge is 0.272 e. The number of aryl methyl sites for hydroxylation is 1. The van der Waals surface area contributed by atoms with Crippen molar-refractivity contribution in [2.75, 3.05) is 12.4 Å². The van der Waals surface area contributed by atoms with Crippen LogP contribution >= 0.6 is 0 Å². The Morgan fingerprint density at radius 1 is 1.16 bits per heavy atom. The van der Waals surface area contributed by atoms with Crippen LogP contribution < -0.4 is 10.6 Å². The minimum Gasteiger partial charge on any atom is -0.372 e. The summed E-state index contributed by atoms with van der Waals surface area (Å²) < 4.78 is 0. The highest BCUT2D eigenvalue weighted by molar-refractivity contribution is 5.92. The lowest BCUT2D eigenvalue weighted by Crippen LogP contribution is -2.24. The fraction of sp³-hybridized carbons (Fsp3) is 0.214. The molecule has 0 aliphatic heterocycles. The van der Waals surface area contributed by atoms with E-state index in [2.05, 4.69) is 20.8 Å². The van der Waals surface area contributed by atoms with Gasteiger partial charge in [0.1, 0.15) is 5.82 Å². The van der Waals surface area contributed by atoms with E-state index < -0.39 is 0 Å². The zero-order valence-corrected chi connectivity index (χ0v) is 11.0. The molecule has 1 amide bonds. The molecule has 1 heterocycles. The van der Waals surface area contributed by atoms with Crippen LogP contribution in [0.15, 0.2) is 36.4 Å². The molecule has 0 fully saturated rings. The van der Waals surface area contributed by atoms with Gasteiger partial charge in [-0.05, 0) is 30.2 Å². The maximum atomic E-state index is 11.9. The van der Waals surface area contributed by atoms with E-state index in [9.17, 15) is 4.79 Å². The monoisotopic (exact) mass is 256 g/mol. The van der Waals surface area contributed by atoms with Crippen molar-refractivity contribution in [2.45, 2.75) is 13.5 Å². The van der Waals surface area contributed by atoms with E-state index >= 15 is 0 Å². The first kappa shape index (κ1) is 13.0. The third-order valence-corrected chi connectivity index (χ3v) is 2.85. The van der Waals surface area contributed by atoms with Crippen molar-refractivity contribution in [3.05, 3.63) is 53.2 Å². The lowest BCUT2D eigenvalue weighted by Gasteiger charge is -2.07. The average Bonchev–Trinajstić information content (AvgIpc) is 2.46. The number of rotatable bonds is 4. The highest BCUT2D eigenvalue weighted by Crippen LogP contribution is 2.07. The summed E-state index contributed by atoms with van der Waals surface area (Å²) in [5, 5.41) is 13.4. The van der Waals surface area contributed by atoms with Crippen molar-refractivity contribution in [1.29, 1.82) is 0 Å². The number of nitrogens with zero attached hydrogens (tertiary/aromatic N) is 2. The zero-order chi connectivity index (χ0) is 13.7. The summed E-state index contributed by atoms with van der Waals surface area (Å²) >= 11 is 0. The van der Waals surface area contributed by atoms with Gasteiger partial charge in [0.05, 0.1) is 0 Å². The summed E-state index contributed by atoms with van der Waals surface area (Å²) in [6, 6.07) is 11.3. The van der Waals surface area contributed by atoms with Gasteiger partial charge in [-0.25, -0.2) is 0 Å². The fourth-order valence-corrected chi connectivity index (χ4v) is 1.66. The van der Waals surface area contributed by atoms with Gasteiger partial charge in [0.25, 0.3) is 5.91 Å². The molecule has 0 unspecified atom stereocenters. The van der Waals surface area contributed by atoms with Crippen molar-refractivity contribution in [3.8, 4) is 0 Å². The third kappa shape index (κ3) is 3.28. The molecule has 0 saturated heterocycles. The van der Waals surface area contributed by atoms with Crippen LogP contribution in [0.1, 0.15) is 21.6 Å². The molecule has 1 aromatic carbocycles. The second-order valence-electron chi connectivity index (χ2n) is 4.16. The van der Waals surface area contributed by atoms with Crippen LogP contribution in [0.3, 0.4) is 0 Å². The Morgan fingerprint density at radius 3 is 2.58 bits per heavy atom. The van der Waals surface area contributed by atoms with E-state index in [0.717, 1.165) is 11.1 Å². The number of nitrogens with one attached hydrogen (secondary N) is 2. The molecule has 0 saturated carbocycles. The van der Waals surface area contributed by atoms with Crippen LogP contribution in [0, 0.1) is 6.92 Å². The summed E-state index contributed by atoms with van der Waals surface area (Å²) in [5.74, 6) is 0.411. The fourth-order valence-electron chi connectivity index (χ4n) is 1.66. The van der Waals surface area contributed by atoms with Crippen LogP contribution in [0.25, 0.3) is 0 Å². The van der Waals surface area contributed by atoms with Crippen molar-refractivity contribution in [1.82, 2.24) is 15.5 Å². The molecule has 2 aromatic rings. The van der Waals surface area contributed by atoms with Gasteiger partial charge in [-0.2, -0.15) is 0 Å². The molecule has 0 aliphatic carbocycles. The van der Waals surface area contributed by atoms with Crippen molar-refractivity contribution >= 4 is 11.7 Å². The molecule has 1 aromatic heterocycles. The molecule has 5 heteroatoms. The summed E-state index contributed by atoms with van der Waals surface area (Å²) in [6.07, 6.45) is 0. The van der Waals surface area contributed by atoms with Crippen molar-refractivity contribution < 1.29 is 4.79 Å². The number of carbonyl (C=O) groups is 1. The highest BCUT2D eigenvalue weighted by atomic mass is 16.1. The maximum Gasteiger partial charge on any atom is 0.272 e. The number of aromatic nitrogens is 2. The van der Waals surface area contributed by atoms with Crippen molar-refractivity contribution in [3.63, 3.8) is 0 Å². The Bertz CT molecular complexity index is 566. The number of amides is 1. The van der Waals surface area contributed by atoms with Crippen molar-refractivity contribution in [2.24, 2.45) is 0 Å². The van der Waals surface area contributed by atoms with Gasteiger partial charge in [0.15, 0.2) is 5.69 Å². The maximum absolute atomic E-state index is 11.9. The average molecular weight is 256 g/mol. The molecule has 0 bridgehead atoms. The number of hydrogen-bond donors (Lipinski definition) is 2. The van der Waals surface area contributed by atoms with E-state index in [1.54, 1.807) is 19.2 Å². The van der Waals surface area contributed by atoms with Gasteiger partial charge in [-0.1, -0.05) is 24.3 Å². The number of hydrogen-bond acceptors (Lipinski definition) is 4. The Hall–Kier alpha value is -2.43. The second-order valence-corrected chi connectivity index (χ2v) is 4.16. The Balaban J connectivity index is 1.99. The molecule has 0 radical (unpaired) electrons. The highest BCUT2D eigenvalue weighted by Gasteiger charge is 2.08. The summed E-state index contributed by atoms with van der Waals surface area (Å²) in [5.41, 5.74) is 2.56. The minimum absolute atomic E-state index is 0.224. The first-order valence-corrected chi connectivity index (χ1v) is 6.05. The molecule has 19 heavy (non-hydrogen) atoms. The third-order valence-electron chi connectivity index (χ3n) is 2.85. The lowest BCUT2D eigenvalue weighted by atomic mass is 10.1. The lowest BCUT2D eigenvalue weighted by molar-refractivity contribution is 0.0945. The summed E-state index contributed by atoms with van der Waals surface area (Å²) in [6.45, 7) is 2.50. The number of benzene rings is 1. The molecule has 0 aliphatic rings. The topological polar surface area (TPSA) is 66.9 Å².